The van der Waals surface area contributed by atoms with Gasteiger partial charge in [-0.25, -0.2) is 5.43 Å². The van der Waals surface area contributed by atoms with E-state index < -0.39 is 0 Å². The number of hydrogen-bond donors (Lipinski definition) is 2. The topological polar surface area (TPSA) is 53.5 Å². The molecule has 0 aromatic heterocycles. The molecule has 6 heteroatoms. The van der Waals surface area contributed by atoms with Crippen molar-refractivity contribution in [1.82, 2.24) is 5.43 Å². The summed E-state index contributed by atoms with van der Waals surface area (Å²) < 4.78 is 1.87. The van der Waals surface area contributed by atoms with Gasteiger partial charge in [-0.3, -0.25) is 4.79 Å². The van der Waals surface area contributed by atoms with E-state index in [9.17, 15) is 4.79 Å². The van der Waals surface area contributed by atoms with Gasteiger partial charge in [0.1, 0.15) is 0 Å². The van der Waals surface area contributed by atoms with Crippen LogP contribution >= 0.6 is 31.9 Å². The zero-order chi connectivity index (χ0) is 17.4. The first-order chi connectivity index (χ1) is 11.5. The summed E-state index contributed by atoms with van der Waals surface area (Å²) in [6, 6.07) is 16.0. The minimum Gasteiger partial charge on any atom is -0.375 e. The monoisotopic (exact) mass is 451 g/mol. The van der Waals surface area contributed by atoms with Gasteiger partial charge >= 0.3 is 0 Å². The van der Waals surface area contributed by atoms with Gasteiger partial charge in [0.2, 0.25) is 0 Å². The van der Waals surface area contributed by atoms with E-state index >= 15 is 0 Å². The van der Waals surface area contributed by atoms with Crippen LogP contribution < -0.4 is 10.7 Å². The van der Waals surface area contributed by atoms with Crippen molar-refractivity contribution in [1.29, 1.82) is 0 Å². The van der Waals surface area contributed by atoms with Gasteiger partial charge in [0.05, 0.1) is 6.54 Å². The van der Waals surface area contributed by atoms with Crippen molar-refractivity contribution < 1.29 is 4.79 Å². The van der Waals surface area contributed by atoms with Crippen LogP contribution in [0.15, 0.2) is 62.6 Å². The van der Waals surface area contributed by atoms with Gasteiger partial charge in [0.15, 0.2) is 0 Å². The molecule has 0 radical (unpaired) electrons. The average Bonchev–Trinajstić information content (AvgIpc) is 2.58. The molecule has 0 saturated heterocycles. The lowest BCUT2D eigenvalue weighted by atomic mass is 10.1. The quantitative estimate of drug-likeness (QED) is 0.470. The highest BCUT2D eigenvalue weighted by Gasteiger charge is 2.04. The fourth-order valence-electron chi connectivity index (χ4n) is 2.03. The molecular weight excluding hydrogens is 434 g/mol. The summed E-state index contributed by atoms with van der Waals surface area (Å²) in [6.07, 6.45) is 1.73. The molecule has 0 bridgehead atoms. The zero-order valence-electron chi connectivity index (χ0n) is 13.4. The number of hydrazone groups is 1. The molecule has 0 spiro atoms. The highest BCUT2D eigenvalue weighted by atomic mass is 79.9. The second-order valence-electron chi connectivity index (χ2n) is 5.35. The third kappa shape index (κ3) is 6.45. The third-order valence-electron chi connectivity index (χ3n) is 3.36. The highest BCUT2D eigenvalue weighted by molar-refractivity contribution is 9.11. The van der Waals surface area contributed by atoms with Crippen molar-refractivity contribution in [2.75, 3.05) is 11.9 Å². The van der Waals surface area contributed by atoms with E-state index in [1.807, 2.05) is 43.3 Å². The molecule has 0 heterocycles. The first-order valence-corrected chi connectivity index (χ1v) is 9.18. The number of halogens is 2. The van der Waals surface area contributed by atoms with E-state index in [2.05, 4.69) is 59.8 Å². The second kappa shape index (κ2) is 9.59. The molecule has 126 valence electrons. The van der Waals surface area contributed by atoms with Crippen LogP contribution in [0.2, 0.25) is 0 Å². The predicted molar refractivity (Wildman–Crippen MR) is 106 cm³/mol. The van der Waals surface area contributed by atoms with Crippen LogP contribution in [0, 0.1) is 0 Å². The van der Waals surface area contributed by atoms with Gasteiger partial charge in [-0.15, -0.1) is 0 Å². The Morgan fingerprint density at radius 2 is 1.88 bits per heavy atom. The fraction of sp³-hybridized carbons (Fsp3) is 0.222. The molecule has 2 aromatic carbocycles. The molecule has 2 rings (SSSR count). The van der Waals surface area contributed by atoms with Crippen molar-refractivity contribution in [2.24, 2.45) is 5.10 Å². The molecule has 2 N–H and O–H groups in total. The minimum absolute atomic E-state index is 0.162. The molecule has 0 atom stereocenters. The Bertz CT molecular complexity index is 717. The van der Waals surface area contributed by atoms with Crippen molar-refractivity contribution in [3.8, 4) is 0 Å². The van der Waals surface area contributed by atoms with Gasteiger partial charge in [-0.2, -0.15) is 5.10 Å². The Labute approximate surface area is 159 Å². The van der Waals surface area contributed by atoms with Crippen molar-refractivity contribution >= 4 is 49.2 Å². The molecule has 0 unspecified atom stereocenters. The van der Waals surface area contributed by atoms with Gasteiger partial charge in [0, 0.05) is 20.3 Å². The van der Waals surface area contributed by atoms with E-state index in [4.69, 9.17) is 0 Å². The molecule has 0 aliphatic rings. The summed E-state index contributed by atoms with van der Waals surface area (Å²) in [5, 5.41) is 7.22. The Balaban J connectivity index is 1.75. The number of anilines is 1. The lowest BCUT2D eigenvalue weighted by Crippen LogP contribution is -2.26. The number of aryl methyl sites for hydroxylation is 1. The Morgan fingerprint density at radius 3 is 2.58 bits per heavy atom. The van der Waals surface area contributed by atoms with E-state index in [0.717, 1.165) is 33.2 Å². The molecule has 4 nitrogen and oxygen atoms in total. The molecule has 24 heavy (non-hydrogen) atoms. The van der Waals surface area contributed by atoms with Crippen LogP contribution in [0.25, 0.3) is 0 Å². The van der Waals surface area contributed by atoms with Gasteiger partial charge < -0.3 is 5.32 Å². The summed E-state index contributed by atoms with van der Waals surface area (Å²) in [7, 11) is 0. The van der Waals surface area contributed by atoms with Crippen LogP contribution in [-0.2, 0) is 11.2 Å². The molecule has 0 fully saturated rings. The number of carbonyl (C=O) groups excluding carboxylic acids is 1. The third-order valence-corrected chi connectivity index (χ3v) is 4.51. The van der Waals surface area contributed by atoms with Gasteiger partial charge in [-0.1, -0.05) is 46.3 Å². The molecule has 1 amide bonds. The van der Waals surface area contributed by atoms with Crippen LogP contribution in [0.4, 0.5) is 5.69 Å². The van der Waals surface area contributed by atoms with Crippen LogP contribution in [0.3, 0.4) is 0 Å². The van der Waals surface area contributed by atoms with E-state index in [1.54, 1.807) is 0 Å². The average molecular weight is 453 g/mol. The number of amides is 1. The van der Waals surface area contributed by atoms with Gasteiger partial charge in [0.25, 0.3) is 5.91 Å². The maximum Gasteiger partial charge on any atom is 0.259 e. The van der Waals surface area contributed by atoms with E-state index in [1.165, 1.54) is 5.56 Å². The summed E-state index contributed by atoms with van der Waals surface area (Å²) >= 11 is 6.84. The van der Waals surface area contributed by atoms with Crippen LogP contribution in [0.1, 0.15) is 18.9 Å². The standard InChI is InChI=1S/C18H19Br2N3O/c1-13(7-8-14-5-3-2-4-6-14)22-23-18(24)12-21-17-10-9-15(19)11-16(17)20/h2-6,9-11,21H,7-8,12H2,1H3,(H,23,24)/b22-13-. The Morgan fingerprint density at radius 1 is 1.12 bits per heavy atom. The first-order valence-electron chi connectivity index (χ1n) is 7.59. The van der Waals surface area contributed by atoms with Crippen molar-refractivity contribution in [3.05, 3.63) is 63.0 Å². The molecule has 2 aromatic rings. The summed E-state index contributed by atoms with van der Waals surface area (Å²) in [5.41, 5.74) is 5.61. The van der Waals surface area contributed by atoms with E-state index in [-0.39, 0.29) is 12.5 Å². The first kappa shape index (κ1) is 18.7. The summed E-state index contributed by atoms with van der Waals surface area (Å²) in [5.74, 6) is -0.177. The predicted octanol–water partition coefficient (Wildman–Crippen LogP) is 4.75. The lowest BCUT2D eigenvalue weighted by Gasteiger charge is -2.08. The number of nitrogens with zero attached hydrogens (tertiary/aromatic N) is 1. The molecule has 0 aliphatic carbocycles. The Hall–Kier alpha value is -1.66. The SMILES string of the molecule is C/C(CCc1ccccc1)=N/NC(=O)CNc1ccc(Br)cc1Br. The number of nitrogens with one attached hydrogen (secondary N) is 2. The van der Waals surface area contributed by atoms with Crippen LogP contribution in [0.5, 0.6) is 0 Å². The minimum atomic E-state index is -0.177. The lowest BCUT2D eigenvalue weighted by molar-refractivity contribution is -0.119. The largest absolute Gasteiger partial charge is 0.375 e. The number of carbonyl (C=O) groups is 1. The normalized spacial score (nSPS) is 11.2. The molecule has 0 saturated carbocycles. The maximum absolute atomic E-state index is 11.9. The number of hydrogen-bond acceptors (Lipinski definition) is 3. The van der Waals surface area contributed by atoms with Crippen molar-refractivity contribution in [3.63, 3.8) is 0 Å². The van der Waals surface area contributed by atoms with Crippen LogP contribution in [-0.4, -0.2) is 18.2 Å². The summed E-state index contributed by atoms with van der Waals surface area (Å²) in [6.45, 7) is 2.08. The summed E-state index contributed by atoms with van der Waals surface area (Å²) in [4.78, 5) is 11.9. The number of benzene rings is 2. The second-order valence-corrected chi connectivity index (χ2v) is 7.12. The van der Waals surface area contributed by atoms with E-state index in [0.29, 0.717) is 0 Å². The Kier molecular flexibility index (Phi) is 7.46. The number of rotatable bonds is 7. The molecular formula is C18H19Br2N3O. The highest BCUT2D eigenvalue weighted by Crippen LogP contribution is 2.25. The smallest absolute Gasteiger partial charge is 0.259 e. The zero-order valence-corrected chi connectivity index (χ0v) is 16.5. The fourth-order valence-corrected chi connectivity index (χ4v) is 3.22. The van der Waals surface area contributed by atoms with Crippen molar-refractivity contribution in [2.45, 2.75) is 19.8 Å². The molecule has 0 aliphatic heterocycles. The maximum atomic E-state index is 11.9. The van der Waals surface area contributed by atoms with Gasteiger partial charge in [-0.05, 0) is 59.5 Å².